The molecule has 0 spiro atoms. The SMILES string of the molecule is CCc1ncnc2cccc(C)c12. The molecule has 0 N–H and O–H groups in total. The van der Waals surface area contributed by atoms with E-state index in [1.54, 1.807) is 6.33 Å². The second-order valence-electron chi connectivity index (χ2n) is 3.14. The number of nitrogens with zero attached hydrogens (tertiary/aromatic N) is 2. The summed E-state index contributed by atoms with van der Waals surface area (Å²) >= 11 is 0. The molecule has 0 saturated carbocycles. The Hall–Kier alpha value is -1.44. The van der Waals surface area contributed by atoms with Crippen LogP contribution in [0.4, 0.5) is 0 Å². The summed E-state index contributed by atoms with van der Waals surface area (Å²) in [6.07, 6.45) is 2.60. The van der Waals surface area contributed by atoms with Gasteiger partial charge in [-0.1, -0.05) is 19.1 Å². The molecule has 0 aliphatic carbocycles. The van der Waals surface area contributed by atoms with Crippen molar-refractivity contribution < 1.29 is 0 Å². The van der Waals surface area contributed by atoms with Crippen LogP contribution in [0.2, 0.25) is 0 Å². The highest BCUT2D eigenvalue weighted by Gasteiger charge is 2.02. The standard InChI is InChI=1S/C11H12N2/c1-3-9-11-8(2)5-4-6-10(11)13-7-12-9/h4-7H,3H2,1-2H3. The van der Waals surface area contributed by atoms with Gasteiger partial charge in [0.05, 0.1) is 11.2 Å². The molecule has 0 fully saturated rings. The fourth-order valence-corrected chi connectivity index (χ4v) is 1.63. The summed E-state index contributed by atoms with van der Waals surface area (Å²) in [5.74, 6) is 0. The van der Waals surface area contributed by atoms with Crippen molar-refractivity contribution in [2.45, 2.75) is 20.3 Å². The molecule has 2 rings (SSSR count). The van der Waals surface area contributed by atoms with Crippen molar-refractivity contribution in [1.29, 1.82) is 0 Å². The number of hydrogen-bond acceptors (Lipinski definition) is 2. The number of fused-ring (bicyclic) bond motifs is 1. The Bertz CT molecular complexity index is 430. The van der Waals surface area contributed by atoms with Gasteiger partial charge in [-0.15, -0.1) is 0 Å². The van der Waals surface area contributed by atoms with Crippen LogP contribution in [0.5, 0.6) is 0 Å². The van der Waals surface area contributed by atoms with Crippen LogP contribution in [-0.2, 0) is 6.42 Å². The van der Waals surface area contributed by atoms with E-state index in [9.17, 15) is 0 Å². The van der Waals surface area contributed by atoms with Gasteiger partial charge in [-0.25, -0.2) is 9.97 Å². The third kappa shape index (κ3) is 1.28. The molecule has 0 saturated heterocycles. The molecule has 0 unspecified atom stereocenters. The molecule has 13 heavy (non-hydrogen) atoms. The normalized spacial score (nSPS) is 10.6. The second kappa shape index (κ2) is 3.13. The van der Waals surface area contributed by atoms with Crippen molar-refractivity contribution in [3.63, 3.8) is 0 Å². The van der Waals surface area contributed by atoms with Crippen molar-refractivity contribution in [3.8, 4) is 0 Å². The van der Waals surface area contributed by atoms with Crippen LogP contribution < -0.4 is 0 Å². The lowest BCUT2D eigenvalue weighted by atomic mass is 10.1. The zero-order chi connectivity index (χ0) is 9.26. The van der Waals surface area contributed by atoms with E-state index in [0.29, 0.717) is 0 Å². The molecule has 2 heteroatoms. The van der Waals surface area contributed by atoms with Gasteiger partial charge in [0.15, 0.2) is 0 Å². The first-order valence-electron chi connectivity index (χ1n) is 4.52. The maximum atomic E-state index is 4.28. The van der Waals surface area contributed by atoms with E-state index >= 15 is 0 Å². The lowest BCUT2D eigenvalue weighted by Crippen LogP contribution is -1.93. The van der Waals surface area contributed by atoms with Gasteiger partial charge in [-0.05, 0) is 25.0 Å². The van der Waals surface area contributed by atoms with E-state index in [1.165, 1.54) is 10.9 Å². The van der Waals surface area contributed by atoms with Gasteiger partial charge < -0.3 is 0 Å². The molecule has 0 atom stereocenters. The quantitative estimate of drug-likeness (QED) is 0.660. The van der Waals surface area contributed by atoms with Crippen molar-refractivity contribution in [2.75, 3.05) is 0 Å². The van der Waals surface area contributed by atoms with Crippen LogP contribution >= 0.6 is 0 Å². The second-order valence-corrected chi connectivity index (χ2v) is 3.14. The summed E-state index contributed by atoms with van der Waals surface area (Å²) in [5, 5.41) is 1.22. The minimum absolute atomic E-state index is 0.962. The minimum atomic E-state index is 0.962. The molecule has 1 aromatic heterocycles. The molecule has 0 radical (unpaired) electrons. The fraction of sp³-hybridized carbons (Fsp3) is 0.273. The third-order valence-electron chi connectivity index (χ3n) is 2.28. The van der Waals surface area contributed by atoms with E-state index in [-0.39, 0.29) is 0 Å². The summed E-state index contributed by atoms with van der Waals surface area (Å²) in [6.45, 7) is 4.22. The molecule has 0 bridgehead atoms. The highest BCUT2D eigenvalue weighted by atomic mass is 14.8. The van der Waals surface area contributed by atoms with Crippen molar-refractivity contribution in [3.05, 3.63) is 35.8 Å². The zero-order valence-corrected chi connectivity index (χ0v) is 7.91. The number of rotatable bonds is 1. The molecule has 0 aliphatic rings. The van der Waals surface area contributed by atoms with Gasteiger partial charge in [0.1, 0.15) is 6.33 Å². The maximum Gasteiger partial charge on any atom is 0.116 e. The Labute approximate surface area is 77.6 Å². The summed E-state index contributed by atoms with van der Waals surface area (Å²) in [4.78, 5) is 8.51. The molecular formula is C11H12N2. The van der Waals surface area contributed by atoms with E-state index in [1.807, 2.05) is 12.1 Å². The van der Waals surface area contributed by atoms with Gasteiger partial charge in [-0.3, -0.25) is 0 Å². The first-order chi connectivity index (χ1) is 6.33. The molecule has 66 valence electrons. The molecule has 2 nitrogen and oxygen atoms in total. The number of benzene rings is 1. The predicted molar refractivity (Wildman–Crippen MR) is 53.7 cm³/mol. The lowest BCUT2D eigenvalue weighted by Gasteiger charge is -2.04. The molecule has 0 amide bonds. The first kappa shape index (κ1) is 8.17. The smallest absolute Gasteiger partial charge is 0.116 e. The van der Waals surface area contributed by atoms with Crippen LogP contribution in [0.3, 0.4) is 0 Å². The number of hydrogen-bond donors (Lipinski definition) is 0. The van der Waals surface area contributed by atoms with Crippen LogP contribution in [-0.4, -0.2) is 9.97 Å². The largest absolute Gasteiger partial charge is 0.241 e. The monoisotopic (exact) mass is 172 g/mol. The van der Waals surface area contributed by atoms with Crippen molar-refractivity contribution in [1.82, 2.24) is 9.97 Å². The Balaban J connectivity index is 2.87. The van der Waals surface area contributed by atoms with Crippen LogP contribution in [0.15, 0.2) is 24.5 Å². The highest BCUT2D eigenvalue weighted by molar-refractivity contribution is 5.83. The van der Waals surface area contributed by atoms with Crippen LogP contribution in [0.25, 0.3) is 10.9 Å². The fourth-order valence-electron chi connectivity index (χ4n) is 1.63. The Morgan fingerprint density at radius 1 is 1.23 bits per heavy atom. The summed E-state index contributed by atoms with van der Waals surface area (Å²) in [6, 6.07) is 6.16. The first-order valence-corrected chi connectivity index (χ1v) is 4.52. The predicted octanol–water partition coefficient (Wildman–Crippen LogP) is 2.50. The average Bonchev–Trinajstić information content (AvgIpc) is 2.17. The average molecular weight is 172 g/mol. The van der Waals surface area contributed by atoms with Gasteiger partial charge in [-0.2, -0.15) is 0 Å². The third-order valence-corrected chi connectivity index (χ3v) is 2.28. The molecular weight excluding hydrogens is 160 g/mol. The topological polar surface area (TPSA) is 25.8 Å². The minimum Gasteiger partial charge on any atom is -0.241 e. The van der Waals surface area contributed by atoms with Crippen LogP contribution in [0.1, 0.15) is 18.2 Å². The molecule has 0 aliphatic heterocycles. The van der Waals surface area contributed by atoms with Gasteiger partial charge in [0, 0.05) is 5.39 Å². The Morgan fingerprint density at radius 2 is 2.08 bits per heavy atom. The van der Waals surface area contributed by atoms with E-state index in [0.717, 1.165) is 17.6 Å². The maximum absolute atomic E-state index is 4.28. The summed E-state index contributed by atoms with van der Waals surface area (Å²) in [7, 11) is 0. The van der Waals surface area contributed by atoms with Gasteiger partial charge >= 0.3 is 0 Å². The van der Waals surface area contributed by atoms with Crippen LogP contribution in [0, 0.1) is 6.92 Å². The Kier molecular flexibility index (Phi) is 1.97. The van der Waals surface area contributed by atoms with Gasteiger partial charge in [0.25, 0.3) is 0 Å². The number of aromatic nitrogens is 2. The molecule has 2 aromatic rings. The van der Waals surface area contributed by atoms with E-state index in [2.05, 4.69) is 29.9 Å². The van der Waals surface area contributed by atoms with E-state index < -0.39 is 0 Å². The molecule has 1 heterocycles. The zero-order valence-electron chi connectivity index (χ0n) is 7.91. The van der Waals surface area contributed by atoms with Crippen molar-refractivity contribution >= 4 is 10.9 Å². The summed E-state index contributed by atoms with van der Waals surface area (Å²) in [5.41, 5.74) is 3.45. The van der Waals surface area contributed by atoms with Crippen molar-refractivity contribution in [2.24, 2.45) is 0 Å². The highest BCUT2D eigenvalue weighted by Crippen LogP contribution is 2.18. The lowest BCUT2D eigenvalue weighted by molar-refractivity contribution is 1.03. The summed E-state index contributed by atoms with van der Waals surface area (Å²) < 4.78 is 0. The van der Waals surface area contributed by atoms with Gasteiger partial charge in [0.2, 0.25) is 0 Å². The molecule has 1 aromatic carbocycles. The Morgan fingerprint density at radius 3 is 2.85 bits per heavy atom. The van der Waals surface area contributed by atoms with E-state index in [4.69, 9.17) is 0 Å². The number of aryl methyl sites for hydroxylation is 2.